The Morgan fingerprint density at radius 1 is 0.867 bits per heavy atom. The molecule has 154 valence electrons. The predicted octanol–water partition coefficient (Wildman–Crippen LogP) is 3.57. The lowest BCUT2D eigenvalue weighted by atomic mass is 10.0. The highest BCUT2D eigenvalue weighted by Crippen LogP contribution is 2.26. The standard InChI is InChI=1S/C12H12N2O.C12H14N2O/c1-7-3-2-4-8-10-9(14-11(7)8)5-6-13-12(10)15;1-9-4-2-3-5-11(9)14-10-6-7-13-12(15)8-10/h2-4,14H,5-6H2,1H3,(H,13,15);2-5,8,14H,6-7H2,1H3,(H,13,15). The highest BCUT2D eigenvalue weighted by atomic mass is 16.2. The van der Waals surface area contributed by atoms with Crippen molar-refractivity contribution in [1.29, 1.82) is 0 Å². The Hall–Kier alpha value is -3.54. The molecular weight excluding hydrogens is 376 g/mol. The summed E-state index contributed by atoms with van der Waals surface area (Å²) in [6, 6.07) is 14.1. The second-order valence-corrected chi connectivity index (χ2v) is 7.63. The van der Waals surface area contributed by atoms with Gasteiger partial charge in [0, 0.05) is 60.0 Å². The first-order chi connectivity index (χ1) is 14.5. The highest BCUT2D eigenvalue weighted by Gasteiger charge is 2.22. The summed E-state index contributed by atoms with van der Waals surface area (Å²) >= 11 is 0. The van der Waals surface area contributed by atoms with Gasteiger partial charge in [-0.3, -0.25) is 9.59 Å². The molecule has 0 bridgehead atoms. The quantitative estimate of drug-likeness (QED) is 0.529. The van der Waals surface area contributed by atoms with Crippen LogP contribution in [-0.2, 0) is 11.2 Å². The van der Waals surface area contributed by atoms with Gasteiger partial charge in [-0.15, -0.1) is 0 Å². The van der Waals surface area contributed by atoms with Gasteiger partial charge in [0.25, 0.3) is 5.91 Å². The number of aromatic nitrogens is 1. The van der Waals surface area contributed by atoms with E-state index in [0.717, 1.165) is 52.9 Å². The minimum Gasteiger partial charge on any atom is -0.358 e. The van der Waals surface area contributed by atoms with Gasteiger partial charge in [0.15, 0.2) is 0 Å². The summed E-state index contributed by atoms with van der Waals surface area (Å²) in [5.74, 6) is 0.0328. The molecule has 2 aliphatic heterocycles. The third-order valence-corrected chi connectivity index (χ3v) is 5.45. The molecule has 0 saturated heterocycles. The van der Waals surface area contributed by atoms with E-state index in [1.54, 1.807) is 6.08 Å². The molecule has 6 heteroatoms. The Labute approximate surface area is 175 Å². The van der Waals surface area contributed by atoms with Crippen LogP contribution in [0.1, 0.15) is 33.6 Å². The van der Waals surface area contributed by atoms with E-state index in [9.17, 15) is 9.59 Å². The maximum absolute atomic E-state index is 11.7. The van der Waals surface area contributed by atoms with Crippen LogP contribution < -0.4 is 16.0 Å². The molecule has 4 N–H and O–H groups in total. The lowest BCUT2D eigenvalue weighted by molar-refractivity contribution is -0.116. The molecule has 2 amide bonds. The van der Waals surface area contributed by atoms with Gasteiger partial charge >= 0.3 is 0 Å². The maximum atomic E-state index is 11.7. The van der Waals surface area contributed by atoms with E-state index in [1.165, 1.54) is 11.1 Å². The van der Waals surface area contributed by atoms with Gasteiger partial charge in [-0.2, -0.15) is 0 Å². The molecule has 0 spiro atoms. The minimum absolute atomic E-state index is 0.0164. The van der Waals surface area contributed by atoms with Crippen molar-refractivity contribution in [2.45, 2.75) is 26.7 Å². The predicted molar refractivity (Wildman–Crippen MR) is 120 cm³/mol. The summed E-state index contributed by atoms with van der Waals surface area (Å²) in [7, 11) is 0. The fraction of sp³-hybridized carbons (Fsp3) is 0.250. The third-order valence-electron chi connectivity index (χ3n) is 5.45. The van der Waals surface area contributed by atoms with Crippen molar-refractivity contribution in [3.05, 3.63) is 76.6 Å². The molecule has 1 aromatic heterocycles. The second kappa shape index (κ2) is 8.45. The van der Waals surface area contributed by atoms with Gasteiger partial charge in [-0.05, 0) is 31.0 Å². The minimum atomic E-state index is -0.0164. The van der Waals surface area contributed by atoms with Crippen LogP contribution in [0.15, 0.2) is 54.2 Å². The summed E-state index contributed by atoms with van der Waals surface area (Å²) in [5.41, 5.74) is 7.42. The van der Waals surface area contributed by atoms with Gasteiger partial charge in [0.1, 0.15) is 0 Å². The number of para-hydroxylation sites is 2. The van der Waals surface area contributed by atoms with E-state index in [-0.39, 0.29) is 11.8 Å². The number of carbonyl (C=O) groups is 2. The monoisotopic (exact) mass is 402 g/mol. The number of anilines is 1. The van der Waals surface area contributed by atoms with Crippen LogP contribution >= 0.6 is 0 Å². The molecule has 30 heavy (non-hydrogen) atoms. The molecule has 5 rings (SSSR count). The van der Waals surface area contributed by atoms with E-state index < -0.39 is 0 Å². The van der Waals surface area contributed by atoms with Gasteiger partial charge < -0.3 is 20.9 Å². The maximum Gasteiger partial charge on any atom is 0.253 e. The normalized spacial score (nSPS) is 15.3. The largest absolute Gasteiger partial charge is 0.358 e. The van der Waals surface area contributed by atoms with E-state index in [4.69, 9.17) is 0 Å². The lowest BCUT2D eigenvalue weighted by Crippen LogP contribution is -2.31. The second-order valence-electron chi connectivity index (χ2n) is 7.63. The number of aromatic amines is 1. The number of carbonyl (C=O) groups excluding carboxylic acids is 2. The molecule has 0 unspecified atom stereocenters. The first kappa shape index (κ1) is 19.8. The third kappa shape index (κ3) is 4.08. The summed E-state index contributed by atoms with van der Waals surface area (Å²) in [6.07, 6.45) is 3.38. The first-order valence-corrected chi connectivity index (χ1v) is 10.2. The SMILES string of the molecule is Cc1cccc2c3c([nH]c12)CCNC3=O.Cc1ccccc1NC1=CC(=O)NCC1. The van der Waals surface area contributed by atoms with Crippen molar-refractivity contribution in [3.8, 4) is 0 Å². The Morgan fingerprint density at radius 2 is 1.63 bits per heavy atom. The average Bonchev–Trinajstić information content (AvgIpc) is 3.12. The summed E-state index contributed by atoms with van der Waals surface area (Å²) in [4.78, 5) is 26.2. The number of benzene rings is 2. The van der Waals surface area contributed by atoms with Crippen molar-refractivity contribution in [2.75, 3.05) is 18.4 Å². The zero-order valence-corrected chi connectivity index (χ0v) is 17.3. The van der Waals surface area contributed by atoms with Gasteiger partial charge in [0.2, 0.25) is 5.91 Å². The van der Waals surface area contributed by atoms with Crippen LogP contribution in [-0.4, -0.2) is 29.9 Å². The summed E-state index contributed by atoms with van der Waals surface area (Å²) in [6.45, 7) is 5.55. The molecule has 0 fully saturated rings. The van der Waals surface area contributed by atoms with Crippen LogP contribution in [0.2, 0.25) is 0 Å². The van der Waals surface area contributed by atoms with E-state index in [0.29, 0.717) is 6.54 Å². The smallest absolute Gasteiger partial charge is 0.253 e. The fourth-order valence-corrected chi connectivity index (χ4v) is 3.84. The number of H-pyrrole nitrogens is 1. The highest BCUT2D eigenvalue weighted by molar-refractivity contribution is 6.09. The van der Waals surface area contributed by atoms with Crippen LogP contribution in [0.5, 0.6) is 0 Å². The van der Waals surface area contributed by atoms with Crippen LogP contribution in [0.4, 0.5) is 5.69 Å². The Balaban J connectivity index is 0.000000145. The molecule has 6 nitrogen and oxygen atoms in total. The lowest BCUT2D eigenvalue weighted by Gasteiger charge is -2.16. The number of nitrogens with one attached hydrogen (secondary N) is 4. The van der Waals surface area contributed by atoms with E-state index in [2.05, 4.69) is 33.9 Å². The van der Waals surface area contributed by atoms with E-state index >= 15 is 0 Å². The van der Waals surface area contributed by atoms with Crippen LogP contribution in [0, 0.1) is 13.8 Å². The molecular formula is C24H26N4O2. The number of aryl methyl sites for hydroxylation is 2. The number of hydrogen-bond acceptors (Lipinski definition) is 3. The van der Waals surface area contributed by atoms with Crippen molar-refractivity contribution >= 4 is 28.4 Å². The molecule has 0 atom stereocenters. The van der Waals surface area contributed by atoms with Crippen LogP contribution in [0.25, 0.3) is 10.9 Å². The molecule has 0 aliphatic carbocycles. The van der Waals surface area contributed by atoms with Crippen molar-refractivity contribution in [2.24, 2.45) is 0 Å². The Morgan fingerprint density at radius 3 is 2.43 bits per heavy atom. The molecule has 2 aliphatic rings. The number of rotatable bonds is 2. The van der Waals surface area contributed by atoms with Crippen molar-refractivity contribution in [1.82, 2.24) is 15.6 Å². The number of hydrogen-bond donors (Lipinski definition) is 4. The van der Waals surface area contributed by atoms with Gasteiger partial charge in [-0.1, -0.05) is 36.4 Å². The van der Waals surface area contributed by atoms with Crippen molar-refractivity contribution < 1.29 is 9.59 Å². The molecule has 0 saturated carbocycles. The molecule has 3 aromatic rings. The average molecular weight is 402 g/mol. The summed E-state index contributed by atoms with van der Waals surface area (Å²) < 4.78 is 0. The van der Waals surface area contributed by atoms with Gasteiger partial charge in [-0.25, -0.2) is 0 Å². The Kier molecular flexibility index (Phi) is 5.57. The Bertz CT molecular complexity index is 1140. The zero-order chi connectivity index (χ0) is 21.1. The van der Waals surface area contributed by atoms with Crippen molar-refractivity contribution in [3.63, 3.8) is 0 Å². The molecule has 2 aromatic carbocycles. The first-order valence-electron chi connectivity index (χ1n) is 10.2. The van der Waals surface area contributed by atoms with Crippen LogP contribution in [0.3, 0.4) is 0 Å². The topological polar surface area (TPSA) is 86.0 Å². The zero-order valence-electron chi connectivity index (χ0n) is 17.3. The number of amides is 2. The molecule has 3 heterocycles. The molecule has 0 radical (unpaired) electrons. The van der Waals surface area contributed by atoms with Gasteiger partial charge in [0.05, 0.1) is 5.56 Å². The van der Waals surface area contributed by atoms with E-state index in [1.807, 2.05) is 43.3 Å². The number of fused-ring (bicyclic) bond motifs is 3. The summed E-state index contributed by atoms with van der Waals surface area (Å²) in [5, 5.41) is 9.96. The fourth-order valence-electron chi connectivity index (χ4n) is 3.84.